The standard InChI is InChI=1S/C18H26N2O2/c1-12(2)10-16(17(21)13(3)4)20-18(22)15(19)11-14-8-6-5-7-9-14/h5-9,12,15-16H,3,10-11,19H2,1-2,4H3,(H,20,22)/t15-,16-/m0/s1. The highest BCUT2D eigenvalue weighted by atomic mass is 16.2. The average molecular weight is 302 g/mol. The Morgan fingerprint density at radius 3 is 2.32 bits per heavy atom. The molecule has 0 spiro atoms. The van der Waals surface area contributed by atoms with E-state index in [-0.39, 0.29) is 11.7 Å². The minimum atomic E-state index is -0.671. The summed E-state index contributed by atoms with van der Waals surface area (Å²) in [6.45, 7) is 9.35. The summed E-state index contributed by atoms with van der Waals surface area (Å²) in [7, 11) is 0. The van der Waals surface area contributed by atoms with Crippen molar-refractivity contribution in [2.45, 2.75) is 45.7 Å². The predicted octanol–water partition coefficient (Wildman–Crippen LogP) is 2.23. The first kappa shape index (κ1) is 18.1. The summed E-state index contributed by atoms with van der Waals surface area (Å²) in [5.74, 6) is -0.142. The Morgan fingerprint density at radius 1 is 1.23 bits per heavy atom. The van der Waals surface area contributed by atoms with Gasteiger partial charge in [0.05, 0.1) is 12.1 Å². The third-order valence-electron chi connectivity index (χ3n) is 3.40. The molecule has 0 saturated heterocycles. The minimum Gasteiger partial charge on any atom is -0.345 e. The highest BCUT2D eigenvalue weighted by Crippen LogP contribution is 2.10. The minimum absolute atomic E-state index is 0.131. The first-order valence-corrected chi connectivity index (χ1v) is 7.60. The predicted molar refractivity (Wildman–Crippen MR) is 89.3 cm³/mol. The Balaban J connectivity index is 2.69. The molecule has 1 aromatic carbocycles. The fourth-order valence-corrected chi connectivity index (χ4v) is 2.24. The molecule has 4 nitrogen and oxygen atoms in total. The van der Waals surface area contributed by atoms with Crippen molar-refractivity contribution >= 4 is 11.7 Å². The van der Waals surface area contributed by atoms with Crippen molar-refractivity contribution in [2.24, 2.45) is 11.7 Å². The number of carbonyl (C=O) groups is 2. The number of ketones is 1. The first-order valence-electron chi connectivity index (χ1n) is 7.60. The molecular weight excluding hydrogens is 276 g/mol. The van der Waals surface area contributed by atoms with Crippen LogP contribution < -0.4 is 11.1 Å². The van der Waals surface area contributed by atoms with Crippen molar-refractivity contribution in [1.29, 1.82) is 0 Å². The van der Waals surface area contributed by atoms with Gasteiger partial charge in [0.25, 0.3) is 0 Å². The number of amides is 1. The average Bonchev–Trinajstić information content (AvgIpc) is 2.46. The third-order valence-corrected chi connectivity index (χ3v) is 3.40. The zero-order valence-corrected chi connectivity index (χ0v) is 13.6. The number of Topliss-reactive ketones (excluding diaryl/α,β-unsaturated/α-hetero) is 1. The van der Waals surface area contributed by atoms with Crippen molar-refractivity contribution in [2.75, 3.05) is 0 Å². The molecule has 1 amide bonds. The molecular formula is C18H26N2O2. The zero-order chi connectivity index (χ0) is 16.7. The highest BCUT2D eigenvalue weighted by Gasteiger charge is 2.24. The summed E-state index contributed by atoms with van der Waals surface area (Å²) in [6.07, 6.45) is 1.03. The Labute approximate surface area is 132 Å². The summed E-state index contributed by atoms with van der Waals surface area (Å²) in [5, 5.41) is 2.78. The van der Waals surface area contributed by atoms with Crippen LogP contribution in [0.4, 0.5) is 0 Å². The molecule has 2 atom stereocenters. The number of rotatable bonds is 8. The molecule has 0 saturated carbocycles. The molecule has 0 heterocycles. The maximum absolute atomic E-state index is 12.2. The van der Waals surface area contributed by atoms with Crippen molar-refractivity contribution in [3.05, 3.63) is 48.0 Å². The second-order valence-corrected chi connectivity index (χ2v) is 6.13. The fourth-order valence-electron chi connectivity index (χ4n) is 2.24. The third kappa shape index (κ3) is 5.82. The van der Waals surface area contributed by atoms with E-state index in [0.717, 1.165) is 5.56 Å². The van der Waals surface area contributed by atoms with E-state index in [1.807, 2.05) is 44.2 Å². The summed E-state index contributed by atoms with van der Waals surface area (Å²) >= 11 is 0. The number of hydrogen-bond acceptors (Lipinski definition) is 3. The maximum atomic E-state index is 12.2. The molecule has 22 heavy (non-hydrogen) atoms. The molecule has 3 N–H and O–H groups in total. The lowest BCUT2D eigenvalue weighted by molar-refractivity contribution is -0.127. The molecule has 1 aromatic rings. The molecule has 0 aliphatic heterocycles. The lowest BCUT2D eigenvalue weighted by atomic mass is 9.96. The van der Waals surface area contributed by atoms with E-state index in [4.69, 9.17) is 5.73 Å². The van der Waals surface area contributed by atoms with Crippen LogP contribution in [0.25, 0.3) is 0 Å². The molecule has 0 aromatic heterocycles. The van der Waals surface area contributed by atoms with E-state index in [2.05, 4.69) is 11.9 Å². The normalized spacial score (nSPS) is 13.5. The lowest BCUT2D eigenvalue weighted by Crippen LogP contribution is -2.49. The van der Waals surface area contributed by atoms with Gasteiger partial charge in [-0.2, -0.15) is 0 Å². The maximum Gasteiger partial charge on any atom is 0.237 e. The van der Waals surface area contributed by atoms with E-state index in [0.29, 0.717) is 24.3 Å². The topological polar surface area (TPSA) is 72.2 Å². The Bertz CT molecular complexity index is 523. The van der Waals surface area contributed by atoms with Gasteiger partial charge in [0.2, 0.25) is 5.91 Å². The highest BCUT2D eigenvalue weighted by molar-refractivity contribution is 6.00. The van der Waals surface area contributed by atoms with Crippen LogP contribution in [-0.2, 0) is 16.0 Å². The first-order chi connectivity index (χ1) is 10.3. The van der Waals surface area contributed by atoms with Crippen LogP contribution in [-0.4, -0.2) is 23.8 Å². The van der Waals surface area contributed by atoms with Gasteiger partial charge in [0, 0.05) is 0 Å². The van der Waals surface area contributed by atoms with E-state index in [1.165, 1.54) is 0 Å². The molecule has 0 unspecified atom stereocenters. The number of nitrogens with two attached hydrogens (primary N) is 1. The van der Waals surface area contributed by atoms with Crippen molar-refractivity contribution in [3.63, 3.8) is 0 Å². The number of carbonyl (C=O) groups excluding carboxylic acids is 2. The Morgan fingerprint density at radius 2 is 1.82 bits per heavy atom. The monoisotopic (exact) mass is 302 g/mol. The van der Waals surface area contributed by atoms with Gasteiger partial charge in [0.1, 0.15) is 0 Å². The molecule has 1 rings (SSSR count). The summed E-state index contributed by atoms with van der Waals surface area (Å²) < 4.78 is 0. The van der Waals surface area contributed by atoms with E-state index in [9.17, 15) is 9.59 Å². The van der Waals surface area contributed by atoms with Crippen molar-refractivity contribution in [3.8, 4) is 0 Å². The van der Waals surface area contributed by atoms with Gasteiger partial charge in [0.15, 0.2) is 5.78 Å². The van der Waals surface area contributed by atoms with Crippen LogP contribution in [0, 0.1) is 5.92 Å². The zero-order valence-electron chi connectivity index (χ0n) is 13.6. The van der Waals surface area contributed by atoms with Crippen LogP contribution in [0.1, 0.15) is 32.8 Å². The molecule has 0 fully saturated rings. The van der Waals surface area contributed by atoms with Crippen LogP contribution >= 0.6 is 0 Å². The van der Waals surface area contributed by atoms with Gasteiger partial charge in [-0.3, -0.25) is 9.59 Å². The lowest BCUT2D eigenvalue weighted by Gasteiger charge is -2.21. The van der Waals surface area contributed by atoms with Gasteiger partial charge >= 0.3 is 0 Å². The Kier molecular flexibility index (Phi) is 6.99. The van der Waals surface area contributed by atoms with Crippen LogP contribution in [0.2, 0.25) is 0 Å². The number of hydrogen-bond donors (Lipinski definition) is 2. The van der Waals surface area contributed by atoms with Gasteiger partial charge < -0.3 is 11.1 Å². The SMILES string of the molecule is C=C(C)C(=O)[C@H](CC(C)C)NC(=O)[C@@H](N)Cc1ccccc1. The van der Waals surface area contributed by atoms with Crippen LogP contribution in [0.3, 0.4) is 0 Å². The summed E-state index contributed by atoms with van der Waals surface area (Å²) in [5.41, 5.74) is 7.40. The van der Waals surface area contributed by atoms with Gasteiger partial charge in [-0.05, 0) is 36.8 Å². The van der Waals surface area contributed by atoms with Crippen molar-refractivity contribution in [1.82, 2.24) is 5.32 Å². The van der Waals surface area contributed by atoms with Crippen molar-refractivity contribution < 1.29 is 9.59 Å². The molecule has 0 aliphatic carbocycles. The summed E-state index contributed by atoms with van der Waals surface area (Å²) in [6, 6.07) is 8.37. The quantitative estimate of drug-likeness (QED) is 0.723. The summed E-state index contributed by atoms with van der Waals surface area (Å²) in [4.78, 5) is 24.4. The Hall–Kier alpha value is -1.94. The molecule has 4 heteroatoms. The van der Waals surface area contributed by atoms with E-state index >= 15 is 0 Å². The van der Waals surface area contributed by atoms with Gasteiger partial charge in [-0.1, -0.05) is 50.8 Å². The van der Waals surface area contributed by atoms with E-state index < -0.39 is 12.1 Å². The molecule has 0 aliphatic rings. The molecule has 0 bridgehead atoms. The largest absolute Gasteiger partial charge is 0.345 e. The molecule has 120 valence electrons. The second-order valence-electron chi connectivity index (χ2n) is 6.13. The van der Waals surface area contributed by atoms with E-state index in [1.54, 1.807) is 6.92 Å². The van der Waals surface area contributed by atoms with Gasteiger partial charge in [-0.25, -0.2) is 0 Å². The number of nitrogens with one attached hydrogen (secondary N) is 1. The fraction of sp³-hybridized carbons (Fsp3) is 0.444. The number of benzene rings is 1. The van der Waals surface area contributed by atoms with Crippen LogP contribution in [0.5, 0.6) is 0 Å². The van der Waals surface area contributed by atoms with Crippen LogP contribution in [0.15, 0.2) is 42.5 Å². The van der Waals surface area contributed by atoms with Gasteiger partial charge in [-0.15, -0.1) is 0 Å². The molecule has 0 radical (unpaired) electrons. The second kappa shape index (κ2) is 8.49. The smallest absolute Gasteiger partial charge is 0.237 e.